The Morgan fingerprint density at radius 1 is 1.24 bits per heavy atom. The fourth-order valence-corrected chi connectivity index (χ4v) is 2.49. The highest BCUT2D eigenvalue weighted by Crippen LogP contribution is 2.31. The van der Waals surface area contributed by atoms with E-state index >= 15 is 0 Å². The van der Waals surface area contributed by atoms with Gasteiger partial charge in [-0.15, -0.1) is 0 Å². The fourth-order valence-electron chi connectivity index (χ4n) is 2.38. The molecule has 0 aliphatic heterocycles. The number of benzene rings is 1. The van der Waals surface area contributed by atoms with Crippen LogP contribution in [0.5, 0.6) is 5.75 Å². The Morgan fingerprint density at radius 3 is 2.29 bits per heavy atom. The summed E-state index contributed by atoms with van der Waals surface area (Å²) < 4.78 is 5.70. The van der Waals surface area contributed by atoms with E-state index in [4.69, 9.17) is 16.3 Å². The Hall–Kier alpha value is -0.730. The van der Waals surface area contributed by atoms with Crippen molar-refractivity contribution in [3.63, 3.8) is 0 Å². The van der Waals surface area contributed by atoms with Crippen LogP contribution >= 0.6 is 11.6 Å². The first-order valence-electron chi connectivity index (χ1n) is 6.12. The number of aliphatic hydroxyl groups is 1. The van der Waals surface area contributed by atoms with Crippen molar-refractivity contribution in [1.82, 2.24) is 0 Å². The van der Waals surface area contributed by atoms with Crippen LogP contribution in [0.25, 0.3) is 0 Å². The standard InChI is InChI=1S/C14H19ClO2/c1-10-7-12(8-11(2)13(10)15)17-9-14(16)5-3-4-6-14/h7-8,16H,3-6,9H2,1-2H3. The predicted molar refractivity (Wildman–Crippen MR) is 69.8 cm³/mol. The molecule has 1 saturated carbocycles. The van der Waals surface area contributed by atoms with Gasteiger partial charge < -0.3 is 9.84 Å². The van der Waals surface area contributed by atoms with E-state index in [1.54, 1.807) is 0 Å². The van der Waals surface area contributed by atoms with Gasteiger partial charge in [0.15, 0.2) is 0 Å². The van der Waals surface area contributed by atoms with Crippen molar-refractivity contribution in [3.05, 3.63) is 28.3 Å². The largest absolute Gasteiger partial charge is 0.491 e. The van der Waals surface area contributed by atoms with Crippen molar-refractivity contribution in [3.8, 4) is 5.75 Å². The topological polar surface area (TPSA) is 29.5 Å². The van der Waals surface area contributed by atoms with Crippen molar-refractivity contribution >= 4 is 11.6 Å². The molecule has 0 unspecified atom stereocenters. The number of hydrogen-bond donors (Lipinski definition) is 1. The first-order chi connectivity index (χ1) is 8.00. The maximum absolute atomic E-state index is 10.2. The van der Waals surface area contributed by atoms with Crippen molar-refractivity contribution in [1.29, 1.82) is 0 Å². The molecule has 94 valence electrons. The molecule has 2 nitrogen and oxygen atoms in total. The van der Waals surface area contributed by atoms with E-state index in [0.717, 1.165) is 47.6 Å². The van der Waals surface area contributed by atoms with Crippen LogP contribution in [0.1, 0.15) is 36.8 Å². The molecule has 1 aliphatic rings. The van der Waals surface area contributed by atoms with E-state index < -0.39 is 5.60 Å². The Kier molecular flexibility index (Phi) is 3.64. The molecule has 0 atom stereocenters. The van der Waals surface area contributed by atoms with Gasteiger partial charge in [0.1, 0.15) is 12.4 Å². The minimum absolute atomic E-state index is 0.382. The van der Waals surface area contributed by atoms with Crippen LogP contribution in [-0.2, 0) is 0 Å². The van der Waals surface area contributed by atoms with Gasteiger partial charge in [0, 0.05) is 5.02 Å². The summed E-state index contributed by atoms with van der Waals surface area (Å²) in [4.78, 5) is 0. The molecule has 0 spiro atoms. The Labute approximate surface area is 108 Å². The SMILES string of the molecule is Cc1cc(OCC2(O)CCCC2)cc(C)c1Cl. The lowest BCUT2D eigenvalue weighted by molar-refractivity contribution is 0.00138. The van der Waals surface area contributed by atoms with Crippen molar-refractivity contribution in [2.24, 2.45) is 0 Å². The molecule has 0 radical (unpaired) electrons. The second kappa shape index (κ2) is 4.87. The third-order valence-electron chi connectivity index (χ3n) is 3.45. The zero-order valence-corrected chi connectivity index (χ0v) is 11.2. The first-order valence-corrected chi connectivity index (χ1v) is 6.50. The highest BCUT2D eigenvalue weighted by Gasteiger charge is 2.31. The highest BCUT2D eigenvalue weighted by molar-refractivity contribution is 6.32. The average molecular weight is 255 g/mol. The van der Waals surface area contributed by atoms with Gasteiger partial charge in [0.2, 0.25) is 0 Å². The van der Waals surface area contributed by atoms with Crippen LogP contribution < -0.4 is 4.74 Å². The van der Waals surface area contributed by atoms with Crippen LogP contribution in [-0.4, -0.2) is 17.3 Å². The Bertz CT molecular complexity index is 386. The predicted octanol–water partition coefficient (Wildman–Crippen LogP) is 3.64. The third kappa shape index (κ3) is 2.93. The highest BCUT2D eigenvalue weighted by atomic mass is 35.5. The van der Waals surface area contributed by atoms with Gasteiger partial charge in [-0.05, 0) is 49.9 Å². The minimum Gasteiger partial charge on any atom is -0.491 e. The first kappa shape index (κ1) is 12.7. The zero-order valence-electron chi connectivity index (χ0n) is 10.4. The van der Waals surface area contributed by atoms with Crippen molar-refractivity contribution in [2.45, 2.75) is 45.1 Å². The molecule has 0 saturated heterocycles. The average Bonchev–Trinajstić information content (AvgIpc) is 2.71. The van der Waals surface area contributed by atoms with Crippen LogP contribution in [0, 0.1) is 13.8 Å². The molecule has 1 aromatic rings. The summed E-state index contributed by atoms with van der Waals surface area (Å²) in [5.41, 5.74) is 1.40. The Balaban J connectivity index is 2.04. The molecule has 0 bridgehead atoms. The lowest BCUT2D eigenvalue weighted by atomic mass is 10.0. The summed E-state index contributed by atoms with van der Waals surface area (Å²) in [6.45, 7) is 4.31. The molecule has 0 heterocycles. The summed E-state index contributed by atoms with van der Waals surface area (Å²) >= 11 is 6.10. The number of aryl methyl sites for hydroxylation is 2. The molecular weight excluding hydrogens is 236 g/mol. The molecule has 17 heavy (non-hydrogen) atoms. The van der Waals surface area contributed by atoms with Crippen molar-refractivity contribution < 1.29 is 9.84 Å². The monoisotopic (exact) mass is 254 g/mol. The van der Waals surface area contributed by atoms with E-state index in [1.165, 1.54) is 0 Å². The number of ether oxygens (including phenoxy) is 1. The summed E-state index contributed by atoms with van der Waals surface area (Å²) in [5.74, 6) is 0.796. The van der Waals surface area contributed by atoms with Gasteiger partial charge in [-0.2, -0.15) is 0 Å². The molecule has 1 fully saturated rings. The van der Waals surface area contributed by atoms with Crippen LogP contribution in [0.4, 0.5) is 0 Å². The van der Waals surface area contributed by atoms with Gasteiger partial charge in [-0.3, -0.25) is 0 Å². The maximum atomic E-state index is 10.2. The molecule has 0 amide bonds. The maximum Gasteiger partial charge on any atom is 0.120 e. The third-order valence-corrected chi connectivity index (χ3v) is 4.05. The fraction of sp³-hybridized carbons (Fsp3) is 0.571. The van der Waals surface area contributed by atoms with Gasteiger partial charge >= 0.3 is 0 Å². The van der Waals surface area contributed by atoms with E-state index in [2.05, 4.69) is 0 Å². The van der Waals surface area contributed by atoms with Crippen LogP contribution in [0.2, 0.25) is 5.02 Å². The molecule has 0 aromatic heterocycles. The normalized spacial score (nSPS) is 18.4. The van der Waals surface area contributed by atoms with E-state index in [9.17, 15) is 5.11 Å². The number of halogens is 1. The quantitative estimate of drug-likeness (QED) is 0.892. The second-order valence-electron chi connectivity index (χ2n) is 5.09. The summed E-state index contributed by atoms with van der Waals surface area (Å²) in [6, 6.07) is 3.85. The lowest BCUT2D eigenvalue weighted by Gasteiger charge is -2.22. The van der Waals surface area contributed by atoms with Crippen molar-refractivity contribution in [2.75, 3.05) is 6.61 Å². The molecular formula is C14H19ClO2. The Morgan fingerprint density at radius 2 is 1.76 bits per heavy atom. The molecule has 2 rings (SSSR count). The number of rotatable bonds is 3. The van der Waals surface area contributed by atoms with Gasteiger partial charge in [0.25, 0.3) is 0 Å². The van der Waals surface area contributed by atoms with Crippen LogP contribution in [0.3, 0.4) is 0 Å². The summed E-state index contributed by atoms with van der Waals surface area (Å²) in [5, 5.41) is 11.0. The molecule has 1 N–H and O–H groups in total. The molecule has 1 aromatic carbocycles. The smallest absolute Gasteiger partial charge is 0.120 e. The van der Waals surface area contributed by atoms with E-state index in [0.29, 0.717) is 6.61 Å². The van der Waals surface area contributed by atoms with E-state index in [-0.39, 0.29) is 0 Å². The molecule has 1 aliphatic carbocycles. The van der Waals surface area contributed by atoms with Gasteiger partial charge in [0.05, 0.1) is 5.60 Å². The lowest BCUT2D eigenvalue weighted by Crippen LogP contribution is -2.32. The number of hydrogen-bond acceptors (Lipinski definition) is 2. The van der Waals surface area contributed by atoms with Gasteiger partial charge in [-0.25, -0.2) is 0 Å². The summed E-state index contributed by atoms with van der Waals surface area (Å²) in [6.07, 6.45) is 3.88. The van der Waals surface area contributed by atoms with Gasteiger partial charge in [-0.1, -0.05) is 24.4 Å². The zero-order chi connectivity index (χ0) is 12.5. The molecule has 3 heteroatoms. The van der Waals surface area contributed by atoms with Crippen LogP contribution in [0.15, 0.2) is 12.1 Å². The summed E-state index contributed by atoms with van der Waals surface area (Å²) in [7, 11) is 0. The minimum atomic E-state index is -0.624. The second-order valence-corrected chi connectivity index (χ2v) is 5.47. The van der Waals surface area contributed by atoms with E-state index in [1.807, 2.05) is 26.0 Å².